The fourth-order valence-corrected chi connectivity index (χ4v) is 4.88. The lowest BCUT2D eigenvalue weighted by atomic mass is 10.2. The Kier molecular flexibility index (Phi) is 8.63. The van der Waals surface area contributed by atoms with Crippen molar-refractivity contribution in [2.45, 2.75) is 50.5 Å². The molecule has 9 nitrogen and oxygen atoms in total. The van der Waals surface area contributed by atoms with Crippen LogP contribution in [0.4, 0.5) is 4.79 Å². The minimum atomic E-state index is -3.80. The van der Waals surface area contributed by atoms with Crippen molar-refractivity contribution >= 4 is 39.5 Å². The Morgan fingerprint density at radius 1 is 1.17 bits per heavy atom. The molecule has 1 aromatic carbocycles. The standard InChI is InChI=1S/C19H26ClN3O6S/c1-3-23(4-2)30(27,28)14-9-10-16(20)15(11-14)18(25)29-12-17(24)22-19(26)21-13-7-5-6-8-13/h9-11,13H,3-8,12H2,1-2H3,(H2,21,22,24,26). The number of nitrogens with one attached hydrogen (secondary N) is 2. The highest BCUT2D eigenvalue weighted by atomic mass is 35.5. The average molecular weight is 460 g/mol. The SMILES string of the molecule is CCN(CC)S(=O)(=O)c1ccc(Cl)c(C(=O)OCC(=O)NC(=O)NC2CCCC2)c1. The van der Waals surface area contributed by atoms with Gasteiger partial charge in [0, 0.05) is 19.1 Å². The Morgan fingerprint density at radius 2 is 1.80 bits per heavy atom. The summed E-state index contributed by atoms with van der Waals surface area (Å²) in [6.07, 6.45) is 3.78. The molecular weight excluding hydrogens is 434 g/mol. The van der Waals surface area contributed by atoms with Crippen LogP contribution in [0.15, 0.2) is 23.1 Å². The van der Waals surface area contributed by atoms with Crippen molar-refractivity contribution in [3.63, 3.8) is 0 Å². The van der Waals surface area contributed by atoms with E-state index in [-0.39, 0.29) is 34.6 Å². The summed E-state index contributed by atoms with van der Waals surface area (Å²) >= 11 is 6.01. The van der Waals surface area contributed by atoms with Crippen LogP contribution in [-0.2, 0) is 19.6 Å². The maximum Gasteiger partial charge on any atom is 0.340 e. The van der Waals surface area contributed by atoms with Gasteiger partial charge in [-0.2, -0.15) is 4.31 Å². The number of ether oxygens (including phenoxy) is 1. The van der Waals surface area contributed by atoms with Crippen molar-refractivity contribution < 1.29 is 27.5 Å². The van der Waals surface area contributed by atoms with Crippen molar-refractivity contribution in [2.75, 3.05) is 19.7 Å². The van der Waals surface area contributed by atoms with Gasteiger partial charge >= 0.3 is 12.0 Å². The van der Waals surface area contributed by atoms with E-state index in [1.165, 1.54) is 16.4 Å². The number of carbonyl (C=O) groups excluding carboxylic acids is 3. The normalized spacial score (nSPS) is 14.5. The molecular formula is C19H26ClN3O6S. The number of carbonyl (C=O) groups is 3. The summed E-state index contributed by atoms with van der Waals surface area (Å²) in [5.74, 6) is -1.77. The molecule has 11 heteroatoms. The molecule has 0 spiro atoms. The molecule has 1 aliphatic rings. The van der Waals surface area contributed by atoms with Gasteiger partial charge in [-0.1, -0.05) is 38.3 Å². The van der Waals surface area contributed by atoms with E-state index < -0.39 is 34.5 Å². The average Bonchev–Trinajstić information content (AvgIpc) is 3.19. The second-order valence-corrected chi connectivity index (χ2v) is 9.16. The van der Waals surface area contributed by atoms with Gasteiger partial charge in [-0.3, -0.25) is 10.1 Å². The summed E-state index contributed by atoms with van der Waals surface area (Å²) in [7, 11) is -3.80. The number of nitrogens with zero attached hydrogens (tertiary/aromatic N) is 1. The van der Waals surface area contributed by atoms with E-state index in [2.05, 4.69) is 10.6 Å². The third-order valence-electron chi connectivity index (χ3n) is 4.78. The van der Waals surface area contributed by atoms with Crippen molar-refractivity contribution in [1.82, 2.24) is 14.9 Å². The molecule has 0 atom stereocenters. The van der Waals surface area contributed by atoms with Gasteiger partial charge < -0.3 is 10.1 Å². The molecule has 1 aliphatic carbocycles. The number of esters is 1. The Labute approximate surface area is 181 Å². The summed E-state index contributed by atoms with van der Waals surface area (Å²) in [6.45, 7) is 3.23. The van der Waals surface area contributed by atoms with Crippen LogP contribution in [0.3, 0.4) is 0 Å². The van der Waals surface area contributed by atoms with Crippen LogP contribution >= 0.6 is 11.6 Å². The van der Waals surface area contributed by atoms with Crippen LogP contribution in [0.5, 0.6) is 0 Å². The van der Waals surface area contributed by atoms with Crippen LogP contribution in [0.25, 0.3) is 0 Å². The minimum Gasteiger partial charge on any atom is -0.452 e. The molecule has 0 radical (unpaired) electrons. The molecule has 2 N–H and O–H groups in total. The van der Waals surface area contributed by atoms with Crippen LogP contribution in [0, 0.1) is 0 Å². The zero-order chi connectivity index (χ0) is 22.3. The summed E-state index contributed by atoms with van der Waals surface area (Å²) in [5, 5.41) is 4.76. The van der Waals surface area contributed by atoms with Gasteiger partial charge in [-0.05, 0) is 31.0 Å². The fourth-order valence-electron chi connectivity index (χ4n) is 3.20. The lowest BCUT2D eigenvalue weighted by Crippen LogP contribution is -2.45. The highest BCUT2D eigenvalue weighted by molar-refractivity contribution is 7.89. The van der Waals surface area contributed by atoms with E-state index in [4.69, 9.17) is 16.3 Å². The van der Waals surface area contributed by atoms with Gasteiger partial charge in [0.15, 0.2) is 6.61 Å². The summed E-state index contributed by atoms with van der Waals surface area (Å²) in [6, 6.07) is 3.09. The molecule has 2 rings (SSSR count). The largest absolute Gasteiger partial charge is 0.452 e. The Morgan fingerprint density at radius 3 is 2.40 bits per heavy atom. The number of amides is 3. The number of rotatable bonds is 8. The number of hydrogen-bond acceptors (Lipinski definition) is 6. The van der Waals surface area contributed by atoms with Crippen molar-refractivity contribution in [3.05, 3.63) is 28.8 Å². The van der Waals surface area contributed by atoms with Gasteiger partial charge in [0.1, 0.15) is 0 Å². The molecule has 30 heavy (non-hydrogen) atoms. The van der Waals surface area contributed by atoms with Crippen LogP contribution in [0.1, 0.15) is 49.9 Å². The van der Waals surface area contributed by atoms with Crippen molar-refractivity contribution in [3.8, 4) is 0 Å². The highest BCUT2D eigenvalue weighted by Gasteiger charge is 2.25. The van der Waals surface area contributed by atoms with E-state index >= 15 is 0 Å². The van der Waals surface area contributed by atoms with E-state index in [1.807, 2.05) is 0 Å². The molecule has 1 saturated carbocycles. The van der Waals surface area contributed by atoms with Crippen LogP contribution in [0.2, 0.25) is 5.02 Å². The maximum absolute atomic E-state index is 12.6. The quantitative estimate of drug-likeness (QED) is 0.575. The minimum absolute atomic E-state index is 0.0159. The first-order valence-corrected chi connectivity index (χ1v) is 11.6. The number of hydrogen-bond donors (Lipinski definition) is 2. The molecule has 0 aromatic heterocycles. The van der Waals surface area contributed by atoms with Gasteiger partial charge in [-0.15, -0.1) is 0 Å². The fraction of sp³-hybridized carbons (Fsp3) is 0.526. The molecule has 1 aromatic rings. The highest BCUT2D eigenvalue weighted by Crippen LogP contribution is 2.23. The molecule has 3 amide bonds. The summed E-state index contributed by atoms with van der Waals surface area (Å²) in [4.78, 5) is 35.9. The first-order chi connectivity index (χ1) is 14.2. The zero-order valence-corrected chi connectivity index (χ0v) is 18.5. The molecule has 1 fully saturated rings. The predicted molar refractivity (Wildman–Crippen MR) is 111 cm³/mol. The number of sulfonamides is 1. The molecule has 0 saturated heterocycles. The predicted octanol–water partition coefficient (Wildman–Crippen LogP) is 2.30. The zero-order valence-electron chi connectivity index (χ0n) is 16.9. The van der Waals surface area contributed by atoms with Gasteiger partial charge in [0.05, 0.1) is 15.5 Å². The lowest BCUT2D eigenvalue weighted by Gasteiger charge is -2.19. The smallest absolute Gasteiger partial charge is 0.340 e. The van der Waals surface area contributed by atoms with Gasteiger partial charge in [0.2, 0.25) is 10.0 Å². The van der Waals surface area contributed by atoms with E-state index in [0.717, 1.165) is 31.7 Å². The summed E-state index contributed by atoms with van der Waals surface area (Å²) in [5.41, 5.74) is -0.187. The first kappa shape index (κ1) is 24.1. The molecule has 0 bridgehead atoms. The van der Waals surface area contributed by atoms with E-state index in [9.17, 15) is 22.8 Å². The van der Waals surface area contributed by atoms with Gasteiger partial charge in [0.25, 0.3) is 5.91 Å². The number of urea groups is 1. The van der Waals surface area contributed by atoms with Crippen molar-refractivity contribution in [2.24, 2.45) is 0 Å². The van der Waals surface area contributed by atoms with Crippen molar-refractivity contribution in [1.29, 1.82) is 0 Å². The third kappa shape index (κ3) is 6.16. The second kappa shape index (κ2) is 10.7. The molecule has 0 aliphatic heterocycles. The number of imide groups is 1. The second-order valence-electron chi connectivity index (χ2n) is 6.81. The molecule has 166 valence electrons. The third-order valence-corrected chi connectivity index (χ3v) is 7.15. The summed E-state index contributed by atoms with van der Waals surface area (Å²) < 4.78 is 31.4. The number of halogens is 1. The maximum atomic E-state index is 12.6. The van der Waals surface area contributed by atoms with E-state index in [1.54, 1.807) is 13.8 Å². The molecule has 0 heterocycles. The van der Waals surface area contributed by atoms with Crippen LogP contribution in [-0.4, -0.2) is 56.4 Å². The van der Waals surface area contributed by atoms with Crippen LogP contribution < -0.4 is 10.6 Å². The molecule has 0 unspecified atom stereocenters. The monoisotopic (exact) mass is 459 g/mol. The number of benzene rings is 1. The van der Waals surface area contributed by atoms with E-state index in [0.29, 0.717) is 0 Å². The Balaban J connectivity index is 1.99. The Bertz CT molecular complexity index is 896. The first-order valence-electron chi connectivity index (χ1n) is 9.76. The lowest BCUT2D eigenvalue weighted by molar-refractivity contribution is -0.123. The Hall–Kier alpha value is -2.17. The topological polar surface area (TPSA) is 122 Å². The van der Waals surface area contributed by atoms with Gasteiger partial charge in [-0.25, -0.2) is 18.0 Å².